The molecule has 4 heteroatoms. The molecule has 1 heterocycles. The zero-order chi connectivity index (χ0) is 12.4. The summed E-state index contributed by atoms with van der Waals surface area (Å²) in [6.45, 7) is 4.70. The average Bonchev–Trinajstić information content (AvgIpc) is 2.46. The summed E-state index contributed by atoms with van der Waals surface area (Å²) < 4.78 is 19.4. The van der Waals surface area contributed by atoms with Crippen molar-refractivity contribution in [1.29, 1.82) is 0 Å². The van der Waals surface area contributed by atoms with Crippen LogP contribution in [0.3, 0.4) is 0 Å². The first-order valence-corrected chi connectivity index (χ1v) is 6.34. The van der Waals surface area contributed by atoms with Crippen LogP contribution in [0.1, 0.15) is 38.3 Å². The third-order valence-corrected chi connectivity index (χ3v) is 3.17. The van der Waals surface area contributed by atoms with Gasteiger partial charge in [0.25, 0.3) is 0 Å². The average molecular weight is 258 g/mol. The second-order valence-corrected chi connectivity index (χ2v) is 5.05. The molecule has 0 saturated heterocycles. The van der Waals surface area contributed by atoms with Crippen molar-refractivity contribution in [1.82, 2.24) is 5.32 Å². The Morgan fingerprint density at radius 3 is 2.94 bits per heavy atom. The third kappa shape index (κ3) is 2.72. The SMILES string of the molecule is CC(C)NC1CCCOc2c1ccc(Cl)c2F. The molecule has 1 unspecified atom stereocenters. The summed E-state index contributed by atoms with van der Waals surface area (Å²) in [6.07, 6.45) is 1.86. The van der Waals surface area contributed by atoms with E-state index in [1.807, 2.05) is 6.07 Å². The summed E-state index contributed by atoms with van der Waals surface area (Å²) >= 11 is 5.78. The first-order chi connectivity index (χ1) is 8.09. The van der Waals surface area contributed by atoms with E-state index in [9.17, 15) is 4.39 Å². The first-order valence-electron chi connectivity index (χ1n) is 5.96. The molecule has 17 heavy (non-hydrogen) atoms. The van der Waals surface area contributed by atoms with Crippen molar-refractivity contribution in [3.05, 3.63) is 28.5 Å². The molecule has 0 bridgehead atoms. The lowest BCUT2D eigenvalue weighted by Crippen LogP contribution is -2.28. The Bertz CT molecular complexity index is 409. The summed E-state index contributed by atoms with van der Waals surface area (Å²) in [5.74, 6) is -0.130. The van der Waals surface area contributed by atoms with Gasteiger partial charge in [-0.15, -0.1) is 0 Å². The highest BCUT2D eigenvalue weighted by Crippen LogP contribution is 2.36. The van der Waals surface area contributed by atoms with Gasteiger partial charge in [-0.25, -0.2) is 4.39 Å². The number of halogens is 2. The topological polar surface area (TPSA) is 21.3 Å². The van der Waals surface area contributed by atoms with Crippen LogP contribution in [0.5, 0.6) is 5.75 Å². The van der Waals surface area contributed by atoms with E-state index in [0.717, 1.165) is 18.4 Å². The predicted octanol–water partition coefficient (Wildman–Crippen LogP) is 3.69. The zero-order valence-corrected chi connectivity index (χ0v) is 10.9. The fourth-order valence-corrected chi connectivity index (χ4v) is 2.31. The van der Waals surface area contributed by atoms with E-state index in [-0.39, 0.29) is 11.1 Å². The minimum atomic E-state index is -0.443. The fourth-order valence-electron chi connectivity index (χ4n) is 2.16. The van der Waals surface area contributed by atoms with E-state index < -0.39 is 5.82 Å². The van der Waals surface area contributed by atoms with Crippen LogP contribution in [0, 0.1) is 5.82 Å². The molecule has 94 valence electrons. The molecule has 2 rings (SSSR count). The second kappa shape index (κ2) is 5.23. The lowest BCUT2D eigenvalue weighted by Gasteiger charge is -2.21. The van der Waals surface area contributed by atoms with Gasteiger partial charge >= 0.3 is 0 Å². The Morgan fingerprint density at radius 1 is 1.47 bits per heavy atom. The predicted molar refractivity (Wildman–Crippen MR) is 67.2 cm³/mol. The largest absolute Gasteiger partial charge is 0.490 e. The number of hydrogen-bond donors (Lipinski definition) is 1. The van der Waals surface area contributed by atoms with Crippen molar-refractivity contribution in [3.63, 3.8) is 0 Å². The van der Waals surface area contributed by atoms with Gasteiger partial charge in [0.05, 0.1) is 11.6 Å². The van der Waals surface area contributed by atoms with Crippen LogP contribution < -0.4 is 10.1 Å². The maximum Gasteiger partial charge on any atom is 0.183 e. The maximum absolute atomic E-state index is 13.9. The van der Waals surface area contributed by atoms with Crippen molar-refractivity contribution in [2.75, 3.05) is 6.61 Å². The summed E-state index contributed by atoms with van der Waals surface area (Å²) in [5.41, 5.74) is 0.873. The number of fused-ring (bicyclic) bond motifs is 1. The number of rotatable bonds is 2. The van der Waals surface area contributed by atoms with Gasteiger partial charge in [0, 0.05) is 17.6 Å². The van der Waals surface area contributed by atoms with Crippen LogP contribution in [-0.2, 0) is 0 Å². The van der Waals surface area contributed by atoms with E-state index in [1.54, 1.807) is 6.07 Å². The van der Waals surface area contributed by atoms with Crippen molar-refractivity contribution < 1.29 is 9.13 Å². The van der Waals surface area contributed by atoms with Crippen molar-refractivity contribution in [3.8, 4) is 5.75 Å². The van der Waals surface area contributed by atoms with Gasteiger partial charge in [0.1, 0.15) is 0 Å². The monoisotopic (exact) mass is 257 g/mol. The Kier molecular flexibility index (Phi) is 3.89. The van der Waals surface area contributed by atoms with Crippen LogP contribution in [0.25, 0.3) is 0 Å². The van der Waals surface area contributed by atoms with Crippen molar-refractivity contribution in [2.24, 2.45) is 0 Å². The molecule has 1 aromatic carbocycles. The lowest BCUT2D eigenvalue weighted by molar-refractivity contribution is 0.300. The molecule has 0 radical (unpaired) electrons. The van der Waals surface area contributed by atoms with E-state index >= 15 is 0 Å². The van der Waals surface area contributed by atoms with E-state index in [1.165, 1.54) is 0 Å². The van der Waals surface area contributed by atoms with Gasteiger partial charge in [-0.2, -0.15) is 0 Å². The third-order valence-electron chi connectivity index (χ3n) is 2.87. The Morgan fingerprint density at radius 2 is 2.24 bits per heavy atom. The maximum atomic E-state index is 13.9. The highest BCUT2D eigenvalue weighted by Gasteiger charge is 2.24. The van der Waals surface area contributed by atoms with Crippen LogP contribution >= 0.6 is 11.6 Å². The zero-order valence-electron chi connectivity index (χ0n) is 10.1. The van der Waals surface area contributed by atoms with E-state index in [2.05, 4.69) is 19.2 Å². The minimum Gasteiger partial charge on any atom is -0.490 e. The Hall–Kier alpha value is -0.800. The van der Waals surface area contributed by atoms with Crippen LogP contribution in [0.4, 0.5) is 4.39 Å². The molecule has 1 aliphatic rings. The van der Waals surface area contributed by atoms with E-state index in [0.29, 0.717) is 18.4 Å². The highest BCUT2D eigenvalue weighted by molar-refractivity contribution is 6.30. The quantitative estimate of drug-likeness (QED) is 0.873. The van der Waals surface area contributed by atoms with E-state index in [4.69, 9.17) is 16.3 Å². The Balaban J connectivity index is 2.39. The van der Waals surface area contributed by atoms with Crippen molar-refractivity contribution >= 4 is 11.6 Å². The molecule has 1 aromatic rings. The second-order valence-electron chi connectivity index (χ2n) is 4.64. The smallest absolute Gasteiger partial charge is 0.183 e. The summed E-state index contributed by atoms with van der Waals surface area (Å²) in [4.78, 5) is 0. The molecular weight excluding hydrogens is 241 g/mol. The minimum absolute atomic E-state index is 0.119. The number of ether oxygens (including phenoxy) is 1. The molecule has 1 aliphatic heterocycles. The molecule has 0 aromatic heterocycles. The van der Waals surface area contributed by atoms with Gasteiger partial charge < -0.3 is 10.1 Å². The molecule has 0 amide bonds. The summed E-state index contributed by atoms with van der Waals surface area (Å²) in [5, 5.41) is 3.55. The highest BCUT2D eigenvalue weighted by atomic mass is 35.5. The van der Waals surface area contributed by atoms with Gasteiger partial charge in [0.15, 0.2) is 11.6 Å². The molecule has 0 saturated carbocycles. The molecule has 1 atom stereocenters. The standard InChI is InChI=1S/C13H17ClFNO/c1-8(2)16-11-4-3-7-17-13-9(11)5-6-10(14)12(13)15/h5-6,8,11,16H,3-4,7H2,1-2H3. The molecule has 1 N–H and O–H groups in total. The van der Waals surface area contributed by atoms with Crippen LogP contribution in [-0.4, -0.2) is 12.6 Å². The van der Waals surface area contributed by atoms with Crippen LogP contribution in [0.15, 0.2) is 12.1 Å². The van der Waals surface area contributed by atoms with Gasteiger partial charge in [-0.05, 0) is 18.9 Å². The Labute approximate surface area is 106 Å². The first kappa shape index (κ1) is 12.7. The van der Waals surface area contributed by atoms with Crippen LogP contribution in [0.2, 0.25) is 5.02 Å². The lowest BCUT2D eigenvalue weighted by atomic mass is 10.0. The van der Waals surface area contributed by atoms with Gasteiger partial charge in [-0.1, -0.05) is 31.5 Å². The normalized spacial score (nSPS) is 19.7. The van der Waals surface area contributed by atoms with Crippen molar-refractivity contribution in [2.45, 2.75) is 38.8 Å². The molecule has 0 aliphatic carbocycles. The molecule has 0 fully saturated rings. The number of hydrogen-bond acceptors (Lipinski definition) is 2. The number of benzene rings is 1. The summed E-state index contributed by atoms with van der Waals surface area (Å²) in [7, 11) is 0. The molecule has 0 spiro atoms. The van der Waals surface area contributed by atoms with Gasteiger partial charge in [0.2, 0.25) is 0 Å². The number of nitrogens with one attached hydrogen (secondary N) is 1. The summed E-state index contributed by atoms with van der Waals surface area (Å²) in [6, 6.07) is 3.94. The fraction of sp³-hybridized carbons (Fsp3) is 0.538. The molecule has 2 nitrogen and oxygen atoms in total. The van der Waals surface area contributed by atoms with Gasteiger partial charge in [-0.3, -0.25) is 0 Å². The molecular formula is C13H17ClFNO.